The number of fused-ring (bicyclic) bond motifs is 9. The van der Waals surface area contributed by atoms with Crippen molar-refractivity contribution < 1.29 is 0 Å². The molecule has 11 aromatic rings. The van der Waals surface area contributed by atoms with Crippen molar-refractivity contribution >= 4 is 48.6 Å². The predicted molar refractivity (Wildman–Crippen MR) is 280 cm³/mol. The van der Waals surface area contributed by atoms with Gasteiger partial charge in [0.15, 0.2) is 0 Å². The van der Waals surface area contributed by atoms with Gasteiger partial charge in [0.25, 0.3) is 0 Å². The van der Waals surface area contributed by atoms with E-state index in [9.17, 15) is 0 Å². The van der Waals surface area contributed by atoms with E-state index in [1.54, 1.807) is 0 Å². The van der Waals surface area contributed by atoms with E-state index in [2.05, 4.69) is 255 Å². The molecule has 0 N–H and O–H groups in total. The molecule has 13 rings (SSSR count). The summed E-state index contributed by atoms with van der Waals surface area (Å²) in [6, 6.07) is 88.1. The van der Waals surface area contributed by atoms with Crippen molar-refractivity contribution in [3.63, 3.8) is 0 Å². The van der Waals surface area contributed by atoms with Gasteiger partial charge in [-0.1, -0.05) is 196 Å². The summed E-state index contributed by atoms with van der Waals surface area (Å²) in [6.07, 6.45) is 0. The Bertz CT molecular complexity index is 3620. The Hall–Kier alpha value is -7.78. The van der Waals surface area contributed by atoms with Crippen LogP contribution in [0.4, 0.5) is 17.1 Å². The van der Waals surface area contributed by atoms with Gasteiger partial charge in [0, 0.05) is 42.6 Å². The van der Waals surface area contributed by atoms with E-state index >= 15 is 0 Å². The van der Waals surface area contributed by atoms with Crippen LogP contribution in [-0.2, 0) is 10.8 Å². The lowest BCUT2D eigenvalue weighted by Crippen LogP contribution is -2.28. The van der Waals surface area contributed by atoms with Gasteiger partial charge in [-0.05, 0) is 132 Å². The summed E-state index contributed by atoms with van der Waals surface area (Å²) in [6.45, 7) is 4.73. The van der Waals surface area contributed by atoms with E-state index in [-0.39, 0.29) is 5.41 Å². The second-order valence-corrected chi connectivity index (χ2v) is 19.5. The summed E-state index contributed by atoms with van der Waals surface area (Å²) in [5, 5.41) is 2.65. The molecule has 66 heavy (non-hydrogen) atoms. The van der Waals surface area contributed by atoms with E-state index in [4.69, 9.17) is 0 Å². The zero-order chi connectivity index (χ0) is 44.0. The van der Waals surface area contributed by atoms with Gasteiger partial charge in [-0.3, -0.25) is 0 Å². The lowest BCUT2D eigenvalue weighted by Gasteiger charge is -2.33. The predicted octanol–water partition coefficient (Wildman–Crippen LogP) is 17.5. The molecular formula is C64H45NS. The van der Waals surface area contributed by atoms with E-state index in [0.29, 0.717) is 0 Å². The van der Waals surface area contributed by atoms with Gasteiger partial charge in [-0.2, -0.15) is 0 Å². The molecule has 0 saturated carbocycles. The van der Waals surface area contributed by atoms with E-state index in [1.165, 1.54) is 98.1 Å². The molecular weight excluding hydrogens is 815 g/mol. The summed E-state index contributed by atoms with van der Waals surface area (Å²) in [4.78, 5) is 2.43. The fourth-order valence-corrected chi connectivity index (χ4v) is 12.6. The van der Waals surface area contributed by atoms with E-state index in [0.717, 1.165) is 17.1 Å². The topological polar surface area (TPSA) is 3.24 Å². The molecule has 1 heterocycles. The first-order valence-corrected chi connectivity index (χ1v) is 23.8. The molecule has 2 heteroatoms. The average Bonchev–Trinajstić information content (AvgIpc) is 3.99. The smallest absolute Gasteiger partial charge is 0.0713 e. The van der Waals surface area contributed by atoms with E-state index < -0.39 is 5.41 Å². The van der Waals surface area contributed by atoms with Gasteiger partial charge in [-0.15, -0.1) is 11.3 Å². The van der Waals surface area contributed by atoms with Crippen LogP contribution in [0.3, 0.4) is 0 Å². The zero-order valence-electron chi connectivity index (χ0n) is 36.9. The Morgan fingerprint density at radius 2 is 0.848 bits per heavy atom. The highest BCUT2D eigenvalue weighted by Crippen LogP contribution is 2.57. The molecule has 2 aliphatic carbocycles. The average molecular weight is 860 g/mol. The first-order valence-electron chi connectivity index (χ1n) is 23.0. The van der Waals surface area contributed by atoms with Gasteiger partial charge in [-0.25, -0.2) is 0 Å². The van der Waals surface area contributed by atoms with Crippen molar-refractivity contribution in [2.75, 3.05) is 4.90 Å². The molecule has 0 fully saturated rings. The maximum Gasteiger partial charge on any atom is 0.0713 e. The summed E-state index contributed by atoms with van der Waals surface area (Å²) < 4.78 is 2.64. The molecule has 312 valence electrons. The van der Waals surface area contributed by atoms with Gasteiger partial charge >= 0.3 is 0 Å². The lowest BCUT2D eigenvalue weighted by atomic mass is 9.67. The van der Waals surface area contributed by atoms with Crippen LogP contribution in [0.25, 0.3) is 64.7 Å². The number of rotatable bonds is 7. The second kappa shape index (κ2) is 14.9. The maximum absolute atomic E-state index is 2.43. The van der Waals surface area contributed by atoms with Crippen LogP contribution in [0.15, 0.2) is 237 Å². The van der Waals surface area contributed by atoms with Crippen LogP contribution in [0.2, 0.25) is 0 Å². The van der Waals surface area contributed by atoms with Gasteiger partial charge in [0.1, 0.15) is 0 Å². The Labute approximate surface area is 390 Å². The minimum absolute atomic E-state index is 0.117. The molecule has 0 aliphatic heterocycles. The molecule has 0 bridgehead atoms. The van der Waals surface area contributed by atoms with Crippen molar-refractivity contribution in [3.05, 3.63) is 270 Å². The fraction of sp³-hybridized carbons (Fsp3) is 0.0625. The molecule has 0 spiro atoms. The Balaban J connectivity index is 0.924. The summed E-state index contributed by atoms with van der Waals surface area (Å²) >= 11 is 1.87. The molecule has 1 aromatic heterocycles. The Morgan fingerprint density at radius 3 is 1.56 bits per heavy atom. The van der Waals surface area contributed by atoms with Gasteiger partial charge in [0.2, 0.25) is 0 Å². The van der Waals surface area contributed by atoms with Crippen LogP contribution in [0.1, 0.15) is 47.2 Å². The van der Waals surface area contributed by atoms with Crippen molar-refractivity contribution in [2.24, 2.45) is 0 Å². The molecule has 0 amide bonds. The van der Waals surface area contributed by atoms with Crippen molar-refractivity contribution in [2.45, 2.75) is 24.7 Å². The number of hydrogen-bond donors (Lipinski definition) is 0. The second-order valence-electron chi connectivity index (χ2n) is 18.4. The third-order valence-corrected chi connectivity index (χ3v) is 15.7. The molecule has 10 aromatic carbocycles. The first kappa shape index (κ1) is 38.7. The van der Waals surface area contributed by atoms with Crippen LogP contribution in [0, 0.1) is 0 Å². The molecule has 0 atom stereocenters. The van der Waals surface area contributed by atoms with Crippen LogP contribution in [0.5, 0.6) is 0 Å². The van der Waals surface area contributed by atoms with Gasteiger partial charge < -0.3 is 4.90 Å². The third kappa shape index (κ3) is 5.71. The third-order valence-electron chi connectivity index (χ3n) is 14.6. The largest absolute Gasteiger partial charge is 0.310 e. The van der Waals surface area contributed by atoms with Crippen LogP contribution < -0.4 is 4.90 Å². The first-order chi connectivity index (χ1) is 32.5. The Morgan fingerprint density at radius 1 is 0.333 bits per heavy atom. The monoisotopic (exact) mass is 859 g/mol. The quantitative estimate of drug-likeness (QED) is 0.154. The van der Waals surface area contributed by atoms with E-state index in [1.807, 2.05) is 11.3 Å². The highest BCUT2D eigenvalue weighted by Gasteiger charge is 2.46. The molecule has 0 radical (unpaired) electrons. The summed E-state index contributed by atoms with van der Waals surface area (Å²) in [5.74, 6) is 0. The molecule has 0 unspecified atom stereocenters. The van der Waals surface area contributed by atoms with Crippen molar-refractivity contribution in [1.82, 2.24) is 0 Å². The normalized spacial score (nSPS) is 13.8. The van der Waals surface area contributed by atoms with Crippen LogP contribution in [-0.4, -0.2) is 0 Å². The minimum atomic E-state index is -0.414. The molecule has 0 saturated heterocycles. The van der Waals surface area contributed by atoms with Gasteiger partial charge in [0.05, 0.1) is 5.41 Å². The van der Waals surface area contributed by atoms with Crippen molar-refractivity contribution in [3.8, 4) is 44.5 Å². The van der Waals surface area contributed by atoms with Crippen LogP contribution >= 0.6 is 11.3 Å². The standard InChI is InChI=1S/C64H45NS/c1-63(2)56-24-12-9-20-51(56)53-38-37-49(41-59(53)63)65(48-35-30-43(31-36-48)50-23-15-27-61-62(50)54-22-11-14-26-60(54)66-61)47-33-28-42(29-34-47)44-32-39-58-55(40-44)52-21-10-13-25-57(52)64(58,45-16-5-3-6-17-45)46-18-7-4-8-19-46/h3-41H,1-2H3. The Kier molecular flexibility index (Phi) is 8.72. The lowest BCUT2D eigenvalue weighted by molar-refractivity contribution is 0.660. The highest BCUT2D eigenvalue weighted by molar-refractivity contribution is 7.25. The number of anilines is 3. The summed E-state index contributed by atoms with van der Waals surface area (Å²) in [5.41, 5.74) is 20.9. The minimum Gasteiger partial charge on any atom is -0.310 e. The highest BCUT2D eigenvalue weighted by atomic mass is 32.1. The number of thiophene rings is 1. The number of benzene rings is 10. The fourth-order valence-electron chi connectivity index (χ4n) is 11.5. The van der Waals surface area contributed by atoms with Crippen molar-refractivity contribution in [1.29, 1.82) is 0 Å². The molecule has 2 aliphatic rings. The summed E-state index contributed by atoms with van der Waals surface area (Å²) in [7, 11) is 0. The number of nitrogens with zero attached hydrogens (tertiary/aromatic N) is 1. The zero-order valence-corrected chi connectivity index (χ0v) is 37.7. The SMILES string of the molecule is CC1(C)c2ccccc2-c2ccc(N(c3ccc(-c4ccc5c(c4)-c4ccccc4C5(c4ccccc4)c4ccccc4)cc3)c3ccc(-c4cccc5sc6ccccc6c45)cc3)cc21. The molecule has 1 nitrogen and oxygen atoms in total. The number of hydrogen-bond acceptors (Lipinski definition) is 2. The maximum atomic E-state index is 2.43.